The van der Waals surface area contributed by atoms with Crippen molar-refractivity contribution in [3.05, 3.63) is 22.4 Å². The van der Waals surface area contributed by atoms with Gasteiger partial charge in [-0.05, 0) is 41.9 Å². The van der Waals surface area contributed by atoms with E-state index in [1.807, 2.05) is 26.0 Å². The van der Waals surface area contributed by atoms with Crippen LogP contribution in [0.1, 0.15) is 12.6 Å². The van der Waals surface area contributed by atoms with Crippen LogP contribution in [0.25, 0.3) is 0 Å². The number of nitrogens with two attached hydrogens (primary N) is 1. The monoisotopic (exact) mass is 243 g/mol. The first-order chi connectivity index (χ1) is 6.13. The first-order valence-corrected chi connectivity index (χ1v) is 5.02. The number of aromatic nitrogens is 1. The molecule has 0 spiro atoms. The number of hydrogen-bond donors (Lipinski definition) is 2. The number of halogens is 1. The molecule has 0 saturated carbocycles. The molecule has 4 heteroatoms. The van der Waals surface area contributed by atoms with Crippen LogP contribution >= 0.6 is 15.9 Å². The molecule has 0 aliphatic rings. The van der Waals surface area contributed by atoms with Crippen molar-refractivity contribution in [1.29, 1.82) is 0 Å². The van der Waals surface area contributed by atoms with Crippen molar-refractivity contribution in [3.63, 3.8) is 0 Å². The molecule has 0 radical (unpaired) electrons. The van der Waals surface area contributed by atoms with Crippen molar-refractivity contribution in [2.75, 3.05) is 11.9 Å². The van der Waals surface area contributed by atoms with Crippen LogP contribution < -0.4 is 11.1 Å². The fourth-order valence-corrected chi connectivity index (χ4v) is 1.41. The van der Waals surface area contributed by atoms with Gasteiger partial charge in [-0.3, -0.25) is 0 Å². The zero-order valence-electron chi connectivity index (χ0n) is 7.84. The third-order valence-electron chi connectivity index (χ3n) is 1.81. The third-order valence-corrected chi connectivity index (χ3v) is 2.25. The van der Waals surface area contributed by atoms with Gasteiger partial charge in [0, 0.05) is 12.6 Å². The molecule has 3 nitrogen and oxygen atoms in total. The molecule has 72 valence electrons. The van der Waals surface area contributed by atoms with E-state index in [9.17, 15) is 0 Å². The van der Waals surface area contributed by atoms with E-state index in [4.69, 9.17) is 5.73 Å². The van der Waals surface area contributed by atoms with Crippen LogP contribution in [0, 0.1) is 6.92 Å². The summed E-state index contributed by atoms with van der Waals surface area (Å²) in [6.07, 6.45) is 0. The standard InChI is InChI=1S/C9H14BrN3/c1-6(5-11)12-8-3-4-9(10)13-7(8)2/h3-4,6,12H,5,11H2,1-2H3. The number of hydrogen-bond acceptors (Lipinski definition) is 3. The van der Waals surface area contributed by atoms with Gasteiger partial charge >= 0.3 is 0 Å². The van der Waals surface area contributed by atoms with Crippen molar-refractivity contribution < 1.29 is 0 Å². The molecule has 1 atom stereocenters. The predicted octanol–water partition coefficient (Wildman–Crippen LogP) is 1.91. The second-order valence-corrected chi connectivity index (χ2v) is 3.86. The largest absolute Gasteiger partial charge is 0.380 e. The lowest BCUT2D eigenvalue weighted by atomic mass is 10.2. The molecule has 0 aromatic carbocycles. The first-order valence-electron chi connectivity index (χ1n) is 4.23. The van der Waals surface area contributed by atoms with Crippen LogP contribution in [-0.4, -0.2) is 17.6 Å². The van der Waals surface area contributed by atoms with Gasteiger partial charge in [0.2, 0.25) is 0 Å². The normalized spacial score (nSPS) is 12.6. The molecule has 0 bridgehead atoms. The molecule has 0 aliphatic heterocycles. The van der Waals surface area contributed by atoms with Crippen molar-refractivity contribution in [3.8, 4) is 0 Å². The Morgan fingerprint density at radius 3 is 2.85 bits per heavy atom. The van der Waals surface area contributed by atoms with Crippen molar-refractivity contribution in [2.24, 2.45) is 5.73 Å². The summed E-state index contributed by atoms with van der Waals surface area (Å²) in [4.78, 5) is 4.27. The van der Waals surface area contributed by atoms with Crippen LogP contribution in [0.5, 0.6) is 0 Å². The van der Waals surface area contributed by atoms with Crippen molar-refractivity contribution in [2.45, 2.75) is 19.9 Å². The molecular formula is C9H14BrN3. The summed E-state index contributed by atoms with van der Waals surface area (Å²) in [5.74, 6) is 0. The van der Waals surface area contributed by atoms with Crippen LogP contribution in [-0.2, 0) is 0 Å². The van der Waals surface area contributed by atoms with Gasteiger partial charge in [-0.25, -0.2) is 4.98 Å². The summed E-state index contributed by atoms with van der Waals surface area (Å²) in [6.45, 7) is 4.63. The summed E-state index contributed by atoms with van der Waals surface area (Å²) in [5, 5.41) is 3.28. The molecule has 0 fully saturated rings. The Kier molecular flexibility index (Phi) is 3.69. The maximum absolute atomic E-state index is 5.51. The van der Waals surface area contributed by atoms with Crippen LogP contribution in [0.3, 0.4) is 0 Å². The lowest BCUT2D eigenvalue weighted by Crippen LogP contribution is -2.25. The predicted molar refractivity (Wildman–Crippen MR) is 58.8 cm³/mol. The number of nitrogens with one attached hydrogen (secondary N) is 1. The summed E-state index contributed by atoms with van der Waals surface area (Å²) < 4.78 is 0.857. The van der Waals surface area contributed by atoms with E-state index < -0.39 is 0 Å². The van der Waals surface area contributed by atoms with E-state index in [-0.39, 0.29) is 6.04 Å². The summed E-state index contributed by atoms with van der Waals surface area (Å²) >= 11 is 3.32. The minimum Gasteiger partial charge on any atom is -0.380 e. The summed E-state index contributed by atoms with van der Waals surface area (Å²) in [6, 6.07) is 4.19. The minimum absolute atomic E-state index is 0.279. The maximum Gasteiger partial charge on any atom is 0.106 e. The molecule has 1 heterocycles. The Labute approximate surface area is 86.9 Å². The highest BCUT2D eigenvalue weighted by molar-refractivity contribution is 9.10. The zero-order chi connectivity index (χ0) is 9.84. The second kappa shape index (κ2) is 4.58. The SMILES string of the molecule is Cc1nc(Br)ccc1NC(C)CN. The van der Waals surface area contributed by atoms with Crippen LogP contribution in [0.15, 0.2) is 16.7 Å². The van der Waals surface area contributed by atoms with E-state index >= 15 is 0 Å². The molecule has 1 aromatic rings. The molecule has 0 amide bonds. The third kappa shape index (κ3) is 2.97. The molecule has 0 aliphatic carbocycles. The molecular weight excluding hydrogens is 230 g/mol. The summed E-state index contributed by atoms with van der Waals surface area (Å²) in [7, 11) is 0. The molecule has 1 aromatic heterocycles. The van der Waals surface area contributed by atoms with Gasteiger partial charge in [-0.15, -0.1) is 0 Å². The van der Waals surface area contributed by atoms with Gasteiger partial charge in [0.25, 0.3) is 0 Å². The van der Waals surface area contributed by atoms with Crippen LogP contribution in [0.2, 0.25) is 0 Å². The summed E-state index contributed by atoms with van der Waals surface area (Å²) in [5.41, 5.74) is 7.53. The number of pyridine rings is 1. The highest BCUT2D eigenvalue weighted by Crippen LogP contribution is 2.16. The quantitative estimate of drug-likeness (QED) is 0.798. The molecule has 13 heavy (non-hydrogen) atoms. The van der Waals surface area contributed by atoms with E-state index in [0.29, 0.717) is 6.54 Å². The highest BCUT2D eigenvalue weighted by Gasteiger charge is 2.02. The van der Waals surface area contributed by atoms with Gasteiger partial charge < -0.3 is 11.1 Å². The van der Waals surface area contributed by atoms with Gasteiger partial charge in [0.1, 0.15) is 4.60 Å². The Bertz CT molecular complexity index is 288. The molecule has 1 rings (SSSR count). The topological polar surface area (TPSA) is 50.9 Å². The highest BCUT2D eigenvalue weighted by atomic mass is 79.9. The second-order valence-electron chi connectivity index (χ2n) is 3.05. The van der Waals surface area contributed by atoms with E-state index in [0.717, 1.165) is 16.0 Å². The van der Waals surface area contributed by atoms with Gasteiger partial charge in [-0.1, -0.05) is 0 Å². The van der Waals surface area contributed by atoms with E-state index in [2.05, 4.69) is 26.2 Å². The number of aryl methyl sites for hydroxylation is 1. The Morgan fingerprint density at radius 2 is 2.31 bits per heavy atom. The van der Waals surface area contributed by atoms with Gasteiger partial charge in [0.15, 0.2) is 0 Å². The maximum atomic E-state index is 5.51. The zero-order valence-corrected chi connectivity index (χ0v) is 9.43. The van der Waals surface area contributed by atoms with Crippen LogP contribution in [0.4, 0.5) is 5.69 Å². The smallest absolute Gasteiger partial charge is 0.106 e. The van der Waals surface area contributed by atoms with Crippen molar-refractivity contribution in [1.82, 2.24) is 4.98 Å². The number of rotatable bonds is 3. The van der Waals surface area contributed by atoms with Gasteiger partial charge in [0.05, 0.1) is 11.4 Å². The molecule has 1 unspecified atom stereocenters. The average Bonchev–Trinajstić information content (AvgIpc) is 2.09. The minimum atomic E-state index is 0.279. The molecule has 0 saturated heterocycles. The fraction of sp³-hybridized carbons (Fsp3) is 0.444. The van der Waals surface area contributed by atoms with Gasteiger partial charge in [-0.2, -0.15) is 0 Å². The Hall–Kier alpha value is -0.610. The number of nitrogens with zero attached hydrogens (tertiary/aromatic N) is 1. The lowest BCUT2D eigenvalue weighted by molar-refractivity contribution is 0.801. The van der Waals surface area contributed by atoms with E-state index in [1.54, 1.807) is 0 Å². The molecule has 3 N–H and O–H groups in total. The Balaban J connectivity index is 2.77. The fourth-order valence-electron chi connectivity index (χ4n) is 1.01. The number of anilines is 1. The van der Waals surface area contributed by atoms with E-state index in [1.165, 1.54) is 0 Å². The average molecular weight is 244 g/mol. The Morgan fingerprint density at radius 1 is 1.62 bits per heavy atom. The van der Waals surface area contributed by atoms with Crippen molar-refractivity contribution >= 4 is 21.6 Å². The lowest BCUT2D eigenvalue weighted by Gasteiger charge is -2.14. The first kappa shape index (κ1) is 10.5.